The van der Waals surface area contributed by atoms with E-state index in [9.17, 15) is 29.2 Å². The van der Waals surface area contributed by atoms with Gasteiger partial charge in [0, 0.05) is 41.7 Å². The standard InChI is InChI=1S/C28H23N4O8P/c1-2-28(40-41(37,38)30-12-17-7-8-20(32(35)36)10-18(17)13-30)22-11-24-25-19(9-16-5-3-4-6-23(16)29-25)14-31(24)26(33)21(22)15-39-27(28)34/h3-11H,2,12-15H2,1H3,(H,37,38)/t28-/m0/s1. The third-order valence-corrected chi connectivity index (χ3v) is 9.67. The summed E-state index contributed by atoms with van der Waals surface area (Å²) in [6.07, 6.45) is -0.0868. The zero-order valence-electron chi connectivity index (χ0n) is 21.8. The van der Waals surface area contributed by atoms with E-state index >= 15 is 0 Å². The van der Waals surface area contributed by atoms with Crippen molar-refractivity contribution in [2.75, 3.05) is 0 Å². The number of carbonyl (C=O) groups is 1. The Morgan fingerprint density at radius 1 is 1.10 bits per heavy atom. The third kappa shape index (κ3) is 3.79. The zero-order valence-corrected chi connectivity index (χ0v) is 22.7. The average molecular weight is 574 g/mol. The molecule has 0 saturated carbocycles. The third-order valence-electron chi connectivity index (χ3n) is 8.12. The predicted octanol–water partition coefficient (Wildman–Crippen LogP) is 4.13. The van der Waals surface area contributed by atoms with Crippen LogP contribution in [0.2, 0.25) is 0 Å². The second kappa shape index (κ2) is 8.89. The first-order valence-electron chi connectivity index (χ1n) is 13.0. The molecule has 1 unspecified atom stereocenters. The van der Waals surface area contributed by atoms with Crippen LogP contribution in [0.25, 0.3) is 22.3 Å². The number of non-ortho nitro benzene ring substituents is 1. The van der Waals surface area contributed by atoms with Gasteiger partial charge in [-0.3, -0.25) is 19.4 Å². The van der Waals surface area contributed by atoms with E-state index < -0.39 is 24.2 Å². The number of hydrogen-bond acceptors (Lipinski definition) is 8. The number of cyclic esters (lactones) is 1. The fraction of sp³-hybridized carbons (Fsp3) is 0.250. The Morgan fingerprint density at radius 3 is 2.66 bits per heavy atom. The van der Waals surface area contributed by atoms with Crippen molar-refractivity contribution in [1.29, 1.82) is 0 Å². The van der Waals surface area contributed by atoms with Crippen LogP contribution in [0.3, 0.4) is 0 Å². The van der Waals surface area contributed by atoms with Crippen LogP contribution in [-0.4, -0.2) is 30.0 Å². The molecule has 0 radical (unpaired) electrons. The number of rotatable bonds is 5. The van der Waals surface area contributed by atoms with E-state index in [1.54, 1.807) is 17.6 Å². The lowest BCUT2D eigenvalue weighted by Gasteiger charge is -2.38. The van der Waals surface area contributed by atoms with E-state index in [0.717, 1.165) is 21.1 Å². The van der Waals surface area contributed by atoms with Gasteiger partial charge >= 0.3 is 13.7 Å². The Hall–Kier alpha value is -4.22. The van der Waals surface area contributed by atoms with Crippen LogP contribution in [0, 0.1) is 10.1 Å². The predicted molar refractivity (Wildman–Crippen MR) is 146 cm³/mol. The van der Waals surface area contributed by atoms with Crippen molar-refractivity contribution in [3.63, 3.8) is 0 Å². The smallest absolute Gasteiger partial charge is 0.407 e. The molecule has 0 aliphatic carbocycles. The Bertz CT molecular complexity index is 1940. The van der Waals surface area contributed by atoms with Gasteiger partial charge in [0.1, 0.15) is 6.61 Å². The van der Waals surface area contributed by atoms with Crippen molar-refractivity contribution in [3.05, 3.63) is 103 Å². The van der Waals surface area contributed by atoms with Crippen LogP contribution in [-0.2, 0) is 50.5 Å². The lowest BCUT2D eigenvalue weighted by Crippen LogP contribution is -2.46. The Morgan fingerprint density at radius 2 is 1.88 bits per heavy atom. The number of nitro groups is 1. The monoisotopic (exact) mass is 574 g/mol. The number of pyridine rings is 2. The number of nitrogens with zero attached hydrogens (tertiary/aromatic N) is 4. The van der Waals surface area contributed by atoms with Crippen molar-refractivity contribution in [2.24, 2.45) is 0 Å². The van der Waals surface area contributed by atoms with Crippen LogP contribution in [0.5, 0.6) is 0 Å². The molecule has 2 aromatic heterocycles. The van der Waals surface area contributed by atoms with Crippen molar-refractivity contribution >= 4 is 30.3 Å². The first-order chi connectivity index (χ1) is 19.6. The molecule has 2 aromatic carbocycles. The summed E-state index contributed by atoms with van der Waals surface area (Å²) >= 11 is 0. The minimum Gasteiger partial charge on any atom is -0.458 e. The van der Waals surface area contributed by atoms with E-state index in [1.165, 1.54) is 18.2 Å². The number of para-hydroxylation sites is 1. The second-order valence-electron chi connectivity index (χ2n) is 10.4. The topological polar surface area (TPSA) is 154 Å². The highest BCUT2D eigenvalue weighted by Gasteiger charge is 2.53. The number of carbonyl (C=O) groups excluding carboxylic acids is 1. The van der Waals surface area contributed by atoms with Crippen LogP contribution in [0.15, 0.2) is 59.4 Å². The summed E-state index contributed by atoms with van der Waals surface area (Å²) in [7, 11) is -4.70. The van der Waals surface area contributed by atoms with E-state index in [-0.39, 0.29) is 48.5 Å². The van der Waals surface area contributed by atoms with Gasteiger partial charge in [-0.15, -0.1) is 0 Å². The lowest BCUT2D eigenvalue weighted by atomic mass is 9.86. The molecule has 0 fully saturated rings. The fourth-order valence-electron chi connectivity index (χ4n) is 5.98. The van der Waals surface area contributed by atoms with E-state index in [1.807, 2.05) is 30.3 Å². The van der Waals surface area contributed by atoms with Gasteiger partial charge in [-0.25, -0.2) is 19.0 Å². The molecule has 3 aliphatic rings. The quantitative estimate of drug-likeness (QED) is 0.140. The van der Waals surface area contributed by atoms with Crippen molar-refractivity contribution in [1.82, 2.24) is 14.2 Å². The summed E-state index contributed by atoms with van der Waals surface area (Å²) in [4.78, 5) is 53.8. The second-order valence-corrected chi connectivity index (χ2v) is 12.1. The van der Waals surface area contributed by atoms with Crippen LogP contribution in [0.1, 0.15) is 41.2 Å². The first-order valence-corrected chi connectivity index (χ1v) is 14.5. The zero-order chi connectivity index (χ0) is 28.7. The first kappa shape index (κ1) is 25.7. The SMILES string of the molecule is CC[C@@]1(OP(=O)(O)N2Cc3ccc([N+](=O)[O-])cc3C2)C(=O)OCc2c1cc1n(c2=O)Cc2cc3ccccc3nc2-1. The molecule has 0 saturated heterocycles. The Balaban J connectivity index is 1.31. The molecule has 41 heavy (non-hydrogen) atoms. The van der Waals surface area contributed by atoms with Crippen molar-refractivity contribution in [2.45, 2.75) is 45.2 Å². The van der Waals surface area contributed by atoms with Gasteiger partial charge in [-0.1, -0.05) is 31.2 Å². The molecule has 7 rings (SSSR count). The van der Waals surface area contributed by atoms with Gasteiger partial charge in [-0.05, 0) is 35.7 Å². The van der Waals surface area contributed by atoms with Gasteiger partial charge in [0.2, 0.25) is 5.60 Å². The van der Waals surface area contributed by atoms with E-state index in [0.29, 0.717) is 29.1 Å². The summed E-state index contributed by atoms with van der Waals surface area (Å²) in [6, 6.07) is 15.4. The molecule has 4 aromatic rings. The van der Waals surface area contributed by atoms with Crippen LogP contribution >= 0.6 is 7.75 Å². The van der Waals surface area contributed by atoms with Crippen molar-refractivity contribution < 1.29 is 28.4 Å². The highest BCUT2D eigenvalue weighted by atomic mass is 31.2. The largest absolute Gasteiger partial charge is 0.458 e. The number of aromatic nitrogens is 2. The van der Waals surface area contributed by atoms with E-state index in [2.05, 4.69) is 0 Å². The summed E-state index contributed by atoms with van der Waals surface area (Å²) < 4.78 is 27.8. The van der Waals surface area contributed by atoms with Gasteiger partial charge < -0.3 is 14.2 Å². The molecule has 208 valence electrons. The molecule has 12 nitrogen and oxygen atoms in total. The molecule has 13 heteroatoms. The maximum Gasteiger partial charge on any atom is 0.407 e. The molecular weight excluding hydrogens is 551 g/mol. The Kier molecular flexibility index (Phi) is 5.58. The molecule has 0 amide bonds. The van der Waals surface area contributed by atoms with Gasteiger partial charge in [-0.2, -0.15) is 0 Å². The molecule has 2 atom stereocenters. The van der Waals surface area contributed by atoms with Crippen molar-refractivity contribution in [3.8, 4) is 11.4 Å². The van der Waals surface area contributed by atoms with Gasteiger partial charge in [0.25, 0.3) is 11.2 Å². The number of benzene rings is 2. The molecule has 0 bridgehead atoms. The maximum absolute atomic E-state index is 13.8. The summed E-state index contributed by atoms with van der Waals surface area (Å²) in [5.41, 5.74) is 1.61. The number of hydrogen-bond donors (Lipinski definition) is 1. The molecule has 5 heterocycles. The lowest BCUT2D eigenvalue weighted by molar-refractivity contribution is -0.384. The highest BCUT2D eigenvalue weighted by Crippen LogP contribution is 2.57. The minimum atomic E-state index is -4.70. The molecular formula is C28H23N4O8P. The number of nitro benzene ring substituents is 1. The van der Waals surface area contributed by atoms with Crippen LogP contribution in [0.4, 0.5) is 5.69 Å². The number of ether oxygens (including phenoxy) is 1. The molecule has 1 N–H and O–H groups in total. The average Bonchev–Trinajstić information content (AvgIpc) is 3.55. The number of fused-ring (bicyclic) bond motifs is 6. The van der Waals surface area contributed by atoms with Crippen LogP contribution < -0.4 is 5.56 Å². The summed E-state index contributed by atoms with van der Waals surface area (Å²) in [6.45, 7) is 1.50. The fourth-order valence-corrected chi connectivity index (χ4v) is 7.47. The normalized spacial score (nSPS) is 20.6. The Labute approximate surface area is 232 Å². The van der Waals surface area contributed by atoms with Gasteiger partial charge in [0.15, 0.2) is 0 Å². The van der Waals surface area contributed by atoms with E-state index in [4.69, 9.17) is 14.2 Å². The molecule has 0 spiro atoms. The summed E-state index contributed by atoms with van der Waals surface area (Å²) in [5, 5.41) is 12.1. The highest BCUT2D eigenvalue weighted by molar-refractivity contribution is 7.50. The molecule has 3 aliphatic heterocycles. The van der Waals surface area contributed by atoms with Gasteiger partial charge in [0.05, 0.1) is 33.9 Å². The maximum atomic E-state index is 13.8. The number of esters is 1. The minimum absolute atomic E-state index is 0.0139. The summed E-state index contributed by atoms with van der Waals surface area (Å²) in [5.74, 6) is -0.872.